The molecule has 2 aromatic carbocycles. The molecule has 9 atom stereocenters. The van der Waals surface area contributed by atoms with Crippen molar-refractivity contribution in [1.82, 2.24) is 9.80 Å². The fourth-order valence-electron chi connectivity index (χ4n) is 11.2. The number of benzene rings is 2. The van der Waals surface area contributed by atoms with Crippen molar-refractivity contribution in [3.05, 3.63) is 71.3 Å². The molecule has 2 spiro atoms. The Kier molecular flexibility index (Phi) is 6.01. The first-order valence-corrected chi connectivity index (χ1v) is 16.7. The summed E-state index contributed by atoms with van der Waals surface area (Å²) in [7, 11) is 3.70. The average molecular weight is 627 g/mol. The molecule has 4 heterocycles. The van der Waals surface area contributed by atoms with Crippen molar-refractivity contribution in [3.8, 4) is 23.0 Å². The Balaban J connectivity index is 0.000000127. The number of phenols is 1. The van der Waals surface area contributed by atoms with Crippen LogP contribution in [-0.2, 0) is 28.5 Å². The highest BCUT2D eigenvalue weighted by Gasteiger charge is 2.73. The SMILES string of the molecule is C=CCN1CC[C@]23c4c5ccc(O)c4O[C@H]2[C@@H](O)C=C[C@H]3[C@H]1C5.COc1ccc2c3c1O[C@H]1C(=O)CC[C@@]4(O)[C@@H](C2)N(C)CC[C@]314. The van der Waals surface area contributed by atoms with Gasteiger partial charge in [-0.3, -0.25) is 9.69 Å². The van der Waals surface area contributed by atoms with E-state index in [1.807, 2.05) is 24.3 Å². The number of likely N-dealkylation sites (tertiary alicyclic amines) is 2. The summed E-state index contributed by atoms with van der Waals surface area (Å²) >= 11 is 0. The van der Waals surface area contributed by atoms with E-state index in [2.05, 4.69) is 35.6 Å². The third-order valence-electron chi connectivity index (χ3n) is 13.1. The van der Waals surface area contributed by atoms with Gasteiger partial charge in [-0.1, -0.05) is 30.4 Å². The summed E-state index contributed by atoms with van der Waals surface area (Å²) < 4.78 is 17.8. The molecule has 0 unspecified atom stereocenters. The van der Waals surface area contributed by atoms with Crippen LogP contribution in [0.3, 0.4) is 0 Å². The molecule has 4 aliphatic carbocycles. The number of phenolic OH excluding ortho intramolecular Hbond substituents is 1. The number of aliphatic hydroxyl groups is 2. The van der Waals surface area contributed by atoms with Crippen LogP contribution in [0.1, 0.15) is 47.9 Å². The lowest BCUT2D eigenvalue weighted by Gasteiger charge is -2.62. The van der Waals surface area contributed by atoms with Crippen LogP contribution in [-0.4, -0.2) is 101 Å². The standard InChI is InChI=1S/C19H21NO3.C18H21NO4/c1-2-8-20-9-7-19-12-4-6-15(22)18(19)23-17-14(21)5-3-11(16(17)19)10-13(12)20;1-19-8-7-17-14-10-3-4-12(22-2)15(14)23-16(17)11(20)5-6-18(17,21)13(19)9-10/h2-6,12-13,15,18,21-22H,1,7-10H2;3-4,13,16,21H,5-9H2,1-2H3/t12-,13+,15-,18-,19-;13-,16+,17+,18-/m01/s1. The summed E-state index contributed by atoms with van der Waals surface area (Å²) in [6.07, 6.45) is 8.93. The van der Waals surface area contributed by atoms with Gasteiger partial charge in [0.15, 0.2) is 34.9 Å². The summed E-state index contributed by atoms with van der Waals surface area (Å²) in [5, 5.41) is 32.6. The number of hydrogen-bond acceptors (Lipinski definition) is 9. The van der Waals surface area contributed by atoms with Crippen molar-refractivity contribution in [3.63, 3.8) is 0 Å². The van der Waals surface area contributed by atoms with Gasteiger partial charge in [-0.2, -0.15) is 0 Å². The first kappa shape index (κ1) is 28.8. The minimum absolute atomic E-state index is 0.0438. The molecule has 0 amide bonds. The fraction of sp³-hybridized carbons (Fsp3) is 0.541. The van der Waals surface area contributed by atoms with Crippen molar-refractivity contribution in [2.45, 2.75) is 85.4 Å². The molecule has 9 heteroatoms. The molecule has 10 rings (SSSR count). The lowest BCUT2D eigenvalue weighted by molar-refractivity contribution is -0.185. The molecule has 1 saturated carbocycles. The first-order chi connectivity index (χ1) is 22.2. The molecule has 0 radical (unpaired) electrons. The predicted molar refractivity (Wildman–Crippen MR) is 170 cm³/mol. The Labute approximate surface area is 269 Å². The first-order valence-electron chi connectivity index (χ1n) is 16.7. The average Bonchev–Trinajstić information content (AvgIpc) is 3.59. The third kappa shape index (κ3) is 3.27. The van der Waals surface area contributed by atoms with Gasteiger partial charge in [-0.05, 0) is 75.5 Å². The molecule has 3 N–H and O–H groups in total. The molecule has 2 aromatic rings. The van der Waals surface area contributed by atoms with Crippen molar-refractivity contribution in [2.75, 3.05) is 33.8 Å². The van der Waals surface area contributed by atoms with Crippen LogP contribution in [0, 0.1) is 5.92 Å². The van der Waals surface area contributed by atoms with Crippen molar-refractivity contribution in [2.24, 2.45) is 5.92 Å². The summed E-state index contributed by atoms with van der Waals surface area (Å²) in [5.41, 5.74) is 2.96. The van der Waals surface area contributed by atoms with Crippen LogP contribution in [0.2, 0.25) is 0 Å². The van der Waals surface area contributed by atoms with E-state index < -0.39 is 23.2 Å². The molecule has 9 nitrogen and oxygen atoms in total. The number of ketones is 1. The zero-order valence-corrected chi connectivity index (χ0v) is 26.4. The number of aliphatic hydroxyl groups excluding tert-OH is 1. The Morgan fingerprint density at radius 3 is 2.65 bits per heavy atom. The number of likely N-dealkylation sites (N-methyl/N-ethyl adjacent to an activating group) is 1. The number of aromatic hydroxyl groups is 1. The number of hydrogen-bond donors (Lipinski definition) is 3. The van der Waals surface area contributed by atoms with Gasteiger partial charge >= 0.3 is 0 Å². The van der Waals surface area contributed by atoms with E-state index in [0.717, 1.165) is 56.4 Å². The lowest BCUT2D eigenvalue weighted by Crippen LogP contribution is -2.76. The van der Waals surface area contributed by atoms with E-state index in [0.29, 0.717) is 42.0 Å². The molecule has 3 fully saturated rings. The number of piperidine rings is 2. The van der Waals surface area contributed by atoms with Gasteiger partial charge in [0.25, 0.3) is 0 Å². The zero-order valence-electron chi connectivity index (χ0n) is 26.4. The molecule has 8 aliphatic rings. The second-order valence-corrected chi connectivity index (χ2v) is 14.7. The monoisotopic (exact) mass is 626 g/mol. The second kappa shape index (κ2) is 9.60. The third-order valence-corrected chi connectivity index (χ3v) is 13.1. The number of carbonyl (C=O) groups is 1. The maximum atomic E-state index is 12.7. The zero-order chi connectivity index (χ0) is 31.7. The van der Waals surface area contributed by atoms with Crippen LogP contribution in [0.4, 0.5) is 0 Å². The number of nitrogens with zero attached hydrogens (tertiary/aromatic N) is 2. The smallest absolute Gasteiger partial charge is 0.174 e. The van der Waals surface area contributed by atoms with E-state index in [9.17, 15) is 20.1 Å². The minimum atomic E-state index is -0.900. The van der Waals surface area contributed by atoms with Crippen LogP contribution < -0.4 is 14.2 Å². The maximum Gasteiger partial charge on any atom is 0.174 e. The highest BCUT2D eigenvalue weighted by atomic mass is 16.5. The minimum Gasteiger partial charge on any atom is -0.504 e. The number of ether oxygens (including phenoxy) is 3. The second-order valence-electron chi connectivity index (χ2n) is 14.7. The predicted octanol–water partition coefficient (Wildman–Crippen LogP) is 2.80. The van der Waals surface area contributed by atoms with Gasteiger partial charge in [-0.25, -0.2) is 0 Å². The molecule has 4 bridgehead atoms. The molecule has 0 aromatic heterocycles. The Hall–Kier alpha value is -3.37. The maximum absolute atomic E-state index is 12.7. The molecule has 4 aliphatic heterocycles. The van der Waals surface area contributed by atoms with Gasteiger partial charge in [0.05, 0.1) is 18.1 Å². The number of methoxy groups -OCH3 is 1. The van der Waals surface area contributed by atoms with E-state index in [1.54, 1.807) is 13.2 Å². The van der Waals surface area contributed by atoms with Crippen LogP contribution in [0.25, 0.3) is 0 Å². The summed E-state index contributed by atoms with van der Waals surface area (Å²) in [6, 6.07) is 8.22. The molecule has 242 valence electrons. The van der Waals surface area contributed by atoms with Crippen LogP contribution >= 0.6 is 0 Å². The summed E-state index contributed by atoms with van der Waals surface area (Å²) in [4.78, 5) is 17.4. The van der Waals surface area contributed by atoms with Gasteiger partial charge in [0.2, 0.25) is 0 Å². The van der Waals surface area contributed by atoms with Crippen LogP contribution in [0.5, 0.6) is 23.0 Å². The molecule has 2 saturated heterocycles. The van der Waals surface area contributed by atoms with Gasteiger partial charge < -0.3 is 34.4 Å². The lowest BCUT2D eigenvalue weighted by atomic mass is 9.49. The highest BCUT2D eigenvalue weighted by Crippen LogP contribution is 2.65. The number of carbonyl (C=O) groups excluding carboxylic acids is 1. The van der Waals surface area contributed by atoms with Crippen molar-refractivity contribution < 1.29 is 34.3 Å². The van der Waals surface area contributed by atoms with E-state index in [4.69, 9.17) is 14.2 Å². The topological polar surface area (TPSA) is 112 Å². The van der Waals surface area contributed by atoms with E-state index >= 15 is 0 Å². The van der Waals surface area contributed by atoms with Crippen molar-refractivity contribution in [1.29, 1.82) is 0 Å². The fourth-order valence-corrected chi connectivity index (χ4v) is 11.2. The number of rotatable bonds is 3. The molecule has 46 heavy (non-hydrogen) atoms. The Morgan fingerprint density at radius 2 is 1.85 bits per heavy atom. The van der Waals surface area contributed by atoms with Gasteiger partial charge in [0.1, 0.15) is 12.2 Å². The Bertz CT molecular complexity index is 1710. The quantitative estimate of drug-likeness (QED) is 0.443. The normalized spacial score (nSPS) is 40.1. The molecular weight excluding hydrogens is 584 g/mol. The van der Waals surface area contributed by atoms with Crippen molar-refractivity contribution >= 4 is 5.78 Å². The van der Waals surface area contributed by atoms with E-state index in [-0.39, 0.29) is 29.1 Å². The summed E-state index contributed by atoms with van der Waals surface area (Å²) in [6.45, 7) is 6.63. The van der Waals surface area contributed by atoms with Gasteiger partial charge in [0, 0.05) is 47.5 Å². The summed E-state index contributed by atoms with van der Waals surface area (Å²) in [5.74, 6) is 2.59. The Morgan fingerprint density at radius 1 is 1.04 bits per heavy atom. The van der Waals surface area contributed by atoms with Crippen LogP contribution in [0.15, 0.2) is 49.1 Å². The number of Topliss-reactive ketones (excluding diaryl/α,β-unsaturated/α-hetero) is 1. The largest absolute Gasteiger partial charge is 0.504 e. The van der Waals surface area contributed by atoms with E-state index in [1.165, 1.54) is 11.1 Å². The van der Waals surface area contributed by atoms with Gasteiger partial charge in [-0.15, -0.1) is 6.58 Å². The molecular formula is C37H42N2O7. The highest BCUT2D eigenvalue weighted by molar-refractivity contribution is 5.90.